The first-order valence-corrected chi connectivity index (χ1v) is 8.44. The van der Waals surface area contributed by atoms with E-state index < -0.39 is 5.97 Å². The van der Waals surface area contributed by atoms with Crippen LogP contribution < -0.4 is 15.4 Å². The predicted octanol–water partition coefficient (Wildman–Crippen LogP) is 2.51. The number of carbonyl (C=O) groups is 1. The van der Waals surface area contributed by atoms with Crippen molar-refractivity contribution in [1.29, 1.82) is 0 Å². The van der Waals surface area contributed by atoms with Crippen molar-refractivity contribution in [3.63, 3.8) is 0 Å². The van der Waals surface area contributed by atoms with E-state index >= 15 is 0 Å². The molecule has 2 N–H and O–H groups in total. The van der Waals surface area contributed by atoms with Crippen LogP contribution in [-0.2, 0) is 11.3 Å². The Morgan fingerprint density at radius 3 is 2.69 bits per heavy atom. The average molecular weight is 359 g/mol. The van der Waals surface area contributed by atoms with Crippen LogP contribution in [0.5, 0.6) is 5.75 Å². The number of aliphatic imine (C=N–C) groups is 1. The highest BCUT2D eigenvalue weighted by Crippen LogP contribution is 2.15. The number of benzene rings is 1. The number of nitrogens with one attached hydrogen (secondary N) is 2. The van der Waals surface area contributed by atoms with Gasteiger partial charge in [0.2, 0.25) is 0 Å². The molecule has 1 heterocycles. The lowest BCUT2D eigenvalue weighted by Crippen LogP contribution is -2.37. The number of esters is 1. The third kappa shape index (κ3) is 5.84. The Labute approximate surface area is 153 Å². The number of carbonyl (C=O) groups excluding carboxylic acids is 1. The molecule has 2 rings (SSSR count). The molecular weight excluding hydrogens is 334 g/mol. The molecule has 7 heteroatoms. The van der Waals surface area contributed by atoms with Gasteiger partial charge >= 0.3 is 5.97 Å². The van der Waals surface area contributed by atoms with E-state index in [4.69, 9.17) is 13.9 Å². The van der Waals surface area contributed by atoms with E-state index in [-0.39, 0.29) is 0 Å². The van der Waals surface area contributed by atoms with Crippen LogP contribution in [0.3, 0.4) is 0 Å². The number of ether oxygens (including phenoxy) is 2. The molecule has 0 bridgehead atoms. The van der Waals surface area contributed by atoms with Gasteiger partial charge in [0.1, 0.15) is 22.8 Å². The lowest BCUT2D eigenvalue weighted by atomic mass is 10.2. The van der Waals surface area contributed by atoms with Crippen molar-refractivity contribution >= 4 is 11.9 Å². The van der Waals surface area contributed by atoms with Gasteiger partial charge in [-0.05, 0) is 31.5 Å². The minimum absolute atomic E-state index is 0.404. The van der Waals surface area contributed by atoms with Gasteiger partial charge in [-0.2, -0.15) is 0 Å². The van der Waals surface area contributed by atoms with Gasteiger partial charge in [-0.1, -0.05) is 18.2 Å². The first-order valence-electron chi connectivity index (χ1n) is 8.44. The second-order valence-corrected chi connectivity index (χ2v) is 5.54. The van der Waals surface area contributed by atoms with Gasteiger partial charge in [0, 0.05) is 13.6 Å². The van der Waals surface area contributed by atoms with Crippen molar-refractivity contribution in [1.82, 2.24) is 10.6 Å². The van der Waals surface area contributed by atoms with E-state index in [1.54, 1.807) is 20.0 Å². The molecule has 0 aliphatic carbocycles. The Balaban J connectivity index is 1.70. The molecule has 0 fully saturated rings. The van der Waals surface area contributed by atoms with Crippen LogP contribution in [0, 0.1) is 6.92 Å². The molecule has 0 aliphatic rings. The van der Waals surface area contributed by atoms with Gasteiger partial charge < -0.3 is 24.5 Å². The highest BCUT2D eigenvalue weighted by atomic mass is 16.5. The van der Waals surface area contributed by atoms with Gasteiger partial charge in [0.05, 0.1) is 20.3 Å². The van der Waals surface area contributed by atoms with E-state index in [1.165, 1.54) is 7.11 Å². The molecule has 0 saturated carbocycles. The monoisotopic (exact) mass is 359 g/mol. The summed E-state index contributed by atoms with van der Waals surface area (Å²) >= 11 is 0. The zero-order valence-corrected chi connectivity index (χ0v) is 15.4. The smallest absolute Gasteiger partial charge is 0.341 e. The van der Waals surface area contributed by atoms with Crippen molar-refractivity contribution in [2.24, 2.45) is 4.99 Å². The van der Waals surface area contributed by atoms with Crippen molar-refractivity contribution in [3.8, 4) is 5.75 Å². The molecule has 140 valence electrons. The van der Waals surface area contributed by atoms with Crippen LogP contribution in [-0.4, -0.2) is 39.2 Å². The fraction of sp³-hybridized carbons (Fsp3) is 0.368. The van der Waals surface area contributed by atoms with Crippen LogP contribution in [0.25, 0.3) is 0 Å². The summed E-state index contributed by atoms with van der Waals surface area (Å²) in [7, 11) is 3.04. The van der Waals surface area contributed by atoms with Gasteiger partial charge in [0.25, 0.3) is 0 Å². The molecule has 2 aromatic rings. The summed E-state index contributed by atoms with van der Waals surface area (Å²) in [5, 5.41) is 6.35. The quantitative estimate of drug-likeness (QED) is 0.326. The molecular formula is C19H25N3O4. The summed E-state index contributed by atoms with van der Waals surface area (Å²) in [6, 6.07) is 11.4. The number of rotatable bonds is 8. The van der Waals surface area contributed by atoms with Crippen LogP contribution >= 0.6 is 0 Å². The SMILES string of the molecule is CN=C(NCCCOc1ccccc1)NCc1cc(C(=O)OC)c(C)o1. The third-order valence-corrected chi connectivity index (χ3v) is 3.65. The summed E-state index contributed by atoms with van der Waals surface area (Å²) in [6.45, 7) is 3.48. The van der Waals surface area contributed by atoms with E-state index in [0.29, 0.717) is 36.2 Å². The predicted molar refractivity (Wildman–Crippen MR) is 99.5 cm³/mol. The number of hydrogen-bond donors (Lipinski definition) is 2. The number of hydrogen-bond acceptors (Lipinski definition) is 5. The minimum atomic E-state index is -0.404. The van der Waals surface area contributed by atoms with Crippen LogP contribution in [0.1, 0.15) is 28.3 Å². The summed E-state index contributed by atoms with van der Waals surface area (Å²) in [5.41, 5.74) is 0.435. The second-order valence-electron chi connectivity index (χ2n) is 5.54. The molecule has 0 saturated heterocycles. The highest BCUT2D eigenvalue weighted by Gasteiger charge is 2.15. The number of methoxy groups -OCH3 is 1. The maximum Gasteiger partial charge on any atom is 0.341 e. The summed E-state index contributed by atoms with van der Waals surface area (Å²) in [5.74, 6) is 2.29. The topological polar surface area (TPSA) is 85.1 Å². The summed E-state index contributed by atoms with van der Waals surface area (Å²) < 4.78 is 15.9. The molecule has 0 radical (unpaired) electrons. The van der Waals surface area contributed by atoms with Crippen molar-refractivity contribution in [2.45, 2.75) is 19.9 Å². The number of aryl methyl sites for hydroxylation is 1. The standard InChI is InChI=1S/C19H25N3O4/c1-14-17(18(23)24-3)12-16(26-14)13-22-19(20-2)21-10-7-11-25-15-8-5-4-6-9-15/h4-6,8-9,12H,7,10-11,13H2,1-3H3,(H2,20,21,22). The molecule has 7 nitrogen and oxygen atoms in total. The van der Waals surface area contributed by atoms with Gasteiger partial charge in [-0.3, -0.25) is 4.99 Å². The Morgan fingerprint density at radius 1 is 1.23 bits per heavy atom. The number of para-hydroxylation sites is 1. The maximum atomic E-state index is 11.6. The first kappa shape index (κ1) is 19.4. The van der Waals surface area contributed by atoms with Crippen LogP contribution in [0.2, 0.25) is 0 Å². The summed E-state index contributed by atoms with van der Waals surface area (Å²) in [4.78, 5) is 15.8. The van der Waals surface area contributed by atoms with Crippen molar-refractivity contribution < 1.29 is 18.7 Å². The van der Waals surface area contributed by atoms with Crippen LogP contribution in [0.15, 0.2) is 45.8 Å². The van der Waals surface area contributed by atoms with Crippen molar-refractivity contribution in [3.05, 3.63) is 53.5 Å². The Bertz CT molecular complexity index is 726. The normalized spacial score (nSPS) is 11.1. The second kappa shape index (κ2) is 10.1. The third-order valence-electron chi connectivity index (χ3n) is 3.65. The lowest BCUT2D eigenvalue weighted by molar-refractivity contribution is 0.0599. The minimum Gasteiger partial charge on any atom is -0.494 e. The van der Waals surface area contributed by atoms with E-state index in [0.717, 1.165) is 18.7 Å². The van der Waals surface area contributed by atoms with Crippen LogP contribution in [0.4, 0.5) is 0 Å². The van der Waals surface area contributed by atoms with Gasteiger partial charge in [-0.15, -0.1) is 0 Å². The fourth-order valence-corrected chi connectivity index (χ4v) is 2.32. The Hall–Kier alpha value is -2.96. The zero-order valence-electron chi connectivity index (χ0n) is 15.4. The largest absolute Gasteiger partial charge is 0.494 e. The molecule has 0 unspecified atom stereocenters. The molecule has 0 spiro atoms. The number of guanidine groups is 1. The van der Waals surface area contributed by atoms with E-state index in [2.05, 4.69) is 15.6 Å². The molecule has 0 aliphatic heterocycles. The summed E-state index contributed by atoms with van der Waals surface area (Å²) in [6.07, 6.45) is 0.835. The average Bonchev–Trinajstić information content (AvgIpc) is 3.04. The number of nitrogens with zero attached hydrogens (tertiary/aromatic N) is 1. The van der Waals surface area contributed by atoms with Crippen molar-refractivity contribution in [2.75, 3.05) is 27.3 Å². The molecule has 1 aromatic carbocycles. The Morgan fingerprint density at radius 2 is 2.00 bits per heavy atom. The van der Waals surface area contributed by atoms with Gasteiger partial charge in [0.15, 0.2) is 5.96 Å². The molecule has 0 atom stereocenters. The Kier molecular flexibility index (Phi) is 7.54. The lowest BCUT2D eigenvalue weighted by Gasteiger charge is -2.11. The molecule has 1 aromatic heterocycles. The van der Waals surface area contributed by atoms with E-state index in [1.807, 2.05) is 30.3 Å². The zero-order chi connectivity index (χ0) is 18.8. The molecule has 0 amide bonds. The fourth-order valence-electron chi connectivity index (χ4n) is 2.32. The highest BCUT2D eigenvalue weighted by molar-refractivity contribution is 5.90. The molecule has 26 heavy (non-hydrogen) atoms. The maximum absolute atomic E-state index is 11.6. The number of furan rings is 1. The van der Waals surface area contributed by atoms with Gasteiger partial charge in [-0.25, -0.2) is 4.79 Å². The van der Waals surface area contributed by atoms with E-state index in [9.17, 15) is 4.79 Å². The first-order chi connectivity index (χ1) is 12.6.